The number of hydrogen-bond donors (Lipinski definition) is 6. The highest BCUT2D eigenvalue weighted by Gasteiger charge is 2.35. The van der Waals surface area contributed by atoms with Gasteiger partial charge in [0.15, 0.2) is 5.69 Å². The largest absolute Gasteiger partial charge is 0.493 e. The van der Waals surface area contributed by atoms with Crippen LogP contribution in [0.4, 0.5) is 34.1 Å². The fourth-order valence-corrected chi connectivity index (χ4v) is 14.8. The van der Waals surface area contributed by atoms with Crippen LogP contribution in [0.1, 0.15) is 198 Å². The number of rotatable bonds is 16. The van der Waals surface area contributed by atoms with Crippen molar-refractivity contribution in [2.75, 3.05) is 71.5 Å². The van der Waals surface area contributed by atoms with Gasteiger partial charge in [-0.25, -0.2) is 34.7 Å². The first-order valence-electron chi connectivity index (χ1n) is 42.0. The first kappa shape index (κ1) is 85.3. The Bertz CT molecular complexity index is 6060. The molecule has 2 aliphatic rings. The van der Waals surface area contributed by atoms with Gasteiger partial charge < -0.3 is 65.1 Å². The lowest BCUT2D eigenvalue weighted by Gasteiger charge is -2.36. The van der Waals surface area contributed by atoms with E-state index in [-0.39, 0.29) is 183 Å². The molecule has 1 fully saturated rings. The Morgan fingerprint density at radius 3 is 1.11 bits per heavy atom. The molecular formula is C96H104N12O14. The van der Waals surface area contributed by atoms with Gasteiger partial charge in [0, 0.05) is 74.1 Å². The van der Waals surface area contributed by atoms with Crippen molar-refractivity contribution >= 4 is 141 Å². The molecule has 6 aromatic heterocycles. The Kier molecular flexibility index (Phi) is 25.8. The van der Waals surface area contributed by atoms with Gasteiger partial charge in [-0.2, -0.15) is 0 Å². The van der Waals surface area contributed by atoms with Gasteiger partial charge in [-0.05, 0) is 146 Å². The molecule has 0 radical (unpaired) electrons. The summed E-state index contributed by atoms with van der Waals surface area (Å²) in [5.41, 5.74) is 1.38. The number of carbonyl (C=O) groups excluding carboxylic acids is 7. The van der Waals surface area contributed by atoms with Crippen LogP contribution in [0, 0.1) is 46.8 Å². The van der Waals surface area contributed by atoms with Crippen LogP contribution in [0.15, 0.2) is 146 Å². The van der Waals surface area contributed by atoms with Crippen molar-refractivity contribution in [3.63, 3.8) is 0 Å². The number of para-hydroxylation sites is 6. The van der Waals surface area contributed by atoms with Crippen molar-refractivity contribution in [3.8, 4) is 34.5 Å². The number of carbonyl (C=O) groups is 7. The second kappa shape index (κ2) is 36.8. The number of pyridine rings is 6. The summed E-state index contributed by atoms with van der Waals surface area (Å²) in [4.78, 5) is 134. The van der Waals surface area contributed by atoms with Crippen LogP contribution in [0.25, 0.3) is 65.4 Å². The number of nitrogens with one attached hydrogen (secondary N) is 6. The van der Waals surface area contributed by atoms with Gasteiger partial charge in [0.2, 0.25) is 5.91 Å². The van der Waals surface area contributed by atoms with Crippen LogP contribution >= 0.6 is 0 Å². The third kappa shape index (κ3) is 19.5. The molecule has 122 heavy (non-hydrogen) atoms. The van der Waals surface area contributed by atoms with Crippen molar-refractivity contribution in [2.24, 2.45) is 46.8 Å². The molecule has 6 N–H and O–H groups in total. The van der Waals surface area contributed by atoms with Crippen LogP contribution in [0.2, 0.25) is 0 Å². The molecule has 1 aliphatic heterocycles. The normalized spacial score (nSPS) is 16.1. The summed E-state index contributed by atoms with van der Waals surface area (Å²) in [6.45, 7) is 29.1. The average molecular weight is 1650 g/mol. The molecule has 26 nitrogen and oxygen atoms in total. The summed E-state index contributed by atoms with van der Waals surface area (Å²) < 4.78 is 45.6. The summed E-state index contributed by atoms with van der Waals surface area (Å²) in [5, 5.41) is 21.1. The van der Waals surface area contributed by atoms with E-state index < -0.39 is 40.9 Å². The first-order valence-corrected chi connectivity index (χ1v) is 42.0. The van der Waals surface area contributed by atoms with E-state index in [1.165, 1.54) is 18.2 Å². The lowest BCUT2D eigenvalue weighted by atomic mass is 9.75. The number of fused-ring (bicyclic) bond motifs is 8. The number of amides is 6. The molecule has 1 saturated carbocycles. The third-order valence-electron chi connectivity index (χ3n) is 21.2. The number of ether oxygens (including phenoxy) is 7. The summed E-state index contributed by atoms with van der Waals surface area (Å²) in [6.07, 6.45) is 3.87. The minimum atomic E-state index is -0.806. The van der Waals surface area contributed by atoms with E-state index in [0.29, 0.717) is 104 Å². The second-order valence-electron chi connectivity index (χ2n) is 34.6. The third-order valence-corrected chi connectivity index (χ3v) is 21.2. The van der Waals surface area contributed by atoms with Crippen molar-refractivity contribution < 1.29 is 66.7 Å². The summed E-state index contributed by atoms with van der Waals surface area (Å²) in [5.74, 6) is -1.62. The zero-order chi connectivity index (χ0) is 86.4. The molecule has 0 spiro atoms. The Labute approximate surface area is 708 Å². The molecular weight excluding hydrogens is 1550 g/mol. The molecule has 12 aromatic rings. The minimum absolute atomic E-state index is 0.0210. The minimum Gasteiger partial charge on any atom is -0.493 e. The number of anilines is 6. The van der Waals surface area contributed by atoms with E-state index in [1.54, 1.807) is 148 Å². The van der Waals surface area contributed by atoms with E-state index in [0.717, 1.165) is 12.8 Å². The van der Waals surface area contributed by atoms with Crippen molar-refractivity contribution in [1.82, 2.24) is 29.9 Å². The van der Waals surface area contributed by atoms with Gasteiger partial charge in [-0.1, -0.05) is 140 Å². The fourth-order valence-electron chi connectivity index (χ4n) is 14.8. The molecule has 1 aliphatic carbocycles. The molecule has 6 aromatic carbocycles. The standard InChI is InChI=1S/C96H104N12O14/c1-51(2)47-118-78-42-71-90(110)104-65-31-20-27-61-79(119-48-52(3)4)43-72(98-84(61)65)91(111)105-66-32-21-28-62-80(120-49-53(5)6)44-73(99-85(62)66)92(112)106-67-33-22-29-63-81(121-50-54(7)8)45-74(100-86(63)67)93(113)107-68-34-18-24-59-77(46-75(102-87(59)68)94(114)122-82-40-56(11)36-37-57(82)55(9)10)117-39-17-15-16-38-116-76-41-70(89(109)103-64-30-19-26-60(78)83(64)97-71)101-88-58(76)25-23-35-69(88)108-95(115)96(12,13)14/h18-35,41-46,51-57,82H,15-17,36-40,47-50H2,1-14H3,(H,103,109)(H,104,110)(H,105,111)(H,106,112)(H,107,113)(H,108,115)/t56-,57+,82-/m1/s1. The van der Waals surface area contributed by atoms with Gasteiger partial charge in [-0.3, -0.25) is 28.8 Å². The maximum Gasteiger partial charge on any atom is 0.357 e. The molecule has 0 saturated heterocycles. The predicted molar refractivity (Wildman–Crippen MR) is 475 cm³/mol. The Hall–Kier alpha value is -13.1. The topological polar surface area (TPSA) is 334 Å². The van der Waals surface area contributed by atoms with E-state index in [4.69, 9.17) is 63.1 Å². The number of esters is 1. The van der Waals surface area contributed by atoms with Gasteiger partial charge in [-0.15, -0.1) is 0 Å². The average Bonchev–Trinajstić information content (AvgIpc) is 0.780. The Balaban J connectivity index is 0.893. The molecule has 632 valence electrons. The van der Waals surface area contributed by atoms with Gasteiger partial charge in [0.1, 0.15) is 69.1 Å². The molecule has 14 bridgehead atoms. The Morgan fingerprint density at radius 2 is 0.746 bits per heavy atom. The predicted octanol–water partition coefficient (Wildman–Crippen LogP) is 19.9. The molecule has 26 heteroatoms. The Morgan fingerprint density at radius 1 is 0.418 bits per heavy atom. The molecule has 0 unspecified atom stereocenters. The summed E-state index contributed by atoms with van der Waals surface area (Å²) >= 11 is 0. The first-order chi connectivity index (χ1) is 58.5. The van der Waals surface area contributed by atoms with E-state index in [1.807, 2.05) is 55.4 Å². The highest BCUT2D eigenvalue weighted by Crippen LogP contribution is 2.42. The molecule has 3 atom stereocenters. The smallest absolute Gasteiger partial charge is 0.357 e. The van der Waals surface area contributed by atoms with Gasteiger partial charge >= 0.3 is 5.97 Å². The van der Waals surface area contributed by atoms with Crippen molar-refractivity contribution in [1.29, 1.82) is 0 Å². The van der Waals surface area contributed by atoms with Crippen molar-refractivity contribution in [2.45, 2.75) is 142 Å². The zero-order valence-electron chi connectivity index (χ0n) is 71.4. The fraction of sp³-hybridized carbons (Fsp3) is 0.365. The molecule has 6 amide bonds. The second-order valence-corrected chi connectivity index (χ2v) is 34.6. The monoisotopic (exact) mass is 1650 g/mol. The van der Waals surface area contributed by atoms with Crippen LogP contribution in [-0.4, -0.2) is 117 Å². The van der Waals surface area contributed by atoms with Gasteiger partial charge in [0.05, 0.1) is 107 Å². The lowest BCUT2D eigenvalue weighted by molar-refractivity contribution is -0.123. The molecule has 14 rings (SSSR count). The van der Waals surface area contributed by atoms with E-state index in [2.05, 4.69) is 52.7 Å². The van der Waals surface area contributed by atoms with Gasteiger partial charge in [0.25, 0.3) is 29.5 Å². The number of aromatic nitrogens is 6. The lowest BCUT2D eigenvalue weighted by Crippen LogP contribution is -2.36. The number of nitrogens with zero attached hydrogens (tertiary/aromatic N) is 6. The summed E-state index contributed by atoms with van der Waals surface area (Å²) in [6, 6.07) is 40.4. The van der Waals surface area contributed by atoms with Crippen LogP contribution in [0.3, 0.4) is 0 Å². The quantitative estimate of drug-likeness (QED) is 0.0489. The SMILES string of the molecule is CC(C)COc1cc2nc3c(cccc13)NC(=O)c1cc(OCC(C)C)c3cccc(c3n1)NC(=O)c1cc(OCC(C)C)c3cccc(c3n1)NC(=O)c1cc(c3cccc(NC(=O)C(C)(C)C)c3n1)OCCCCCOc1cc(C(=O)O[C@@H]3C[C@H](C)CC[C@H]3C(C)C)nc3c(cccc13)NC(=O)c1cc(OCC(C)C)c3cccc(c3n1)NC2=O. The summed E-state index contributed by atoms with van der Waals surface area (Å²) in [7, 11) is 0. The zero-order valence-corrected chi connectivity index (χ0v) is 71.4. The highest BCUT2D eigenvalue weighted by atomic mass is 16.5. The van der Waals surface area contributed by atoms with E-state index >= 15 is 24.0 Å². The van der Waals surface area contributed by atoms with Crippen LogP contribution in [-0.2, 0) is 9.53 Å². The number of benzene rings is 6. The maximum atomic E-state index is 15.2. The van der Waals surface area contributed by atoms with Crippen molar-refractivity contribution in [3.05, 3.63) is 180 Å². The van der Waals surface area contributed by atoms with Crippen LogP contribution < -0.4 is 60.3 Å². The van der Waals surface area contributed by atoms with E-state index in [9.17, 15) is 9.59 Å². The maximum absolute atomic E-state index is 15.2. The highest BCUT2D eigenvalue weighted by molar-refractivity contribution is 6.17. The van der Waals surface area contributed by atoms with Crippen LogP contribution in [0.5, 0.6) is 34.5 Å². The number of hydrogen-bond acceptors (Lipinski definition) is 20. The molecule has 7 heterocycles.